The van der Waals surface area contributed by atoms with Gasteiger partial charge < -0.3 is 10.2 Å². The molecule has 0 aliphatic carbocycles. The summed E-state index contributed by atoms with van der Waals surface area (Å²) >= 11 is 0. The van der Waals surface area contributed by atoms with Crippen molar-refractivity contribution in [1.29, 1.82) is 0 Å². The Bertz CT molecular complexity index is 793. The van der Waals surface area contributed by atoms with E-state index < -0.39 is 0 Å². The first-order valence-corrected chi connectivity index (χ1v) is 8.34. The number of rotatable bonds is 4. The zero-order valence-corrected chi connectivity index (χ0v) is 14.4. The molecule has 3 heterocycles. The van der Waals surface area contributed by atoms with Crippen LogP contribution in [0.5, 0.6) is 0 Å². The summed E-state index contributed by atoms with van der Waals surface area (Å²) in [6.45, 7) is 4.32. The summed E-state index contributed by atoms with van der Waals surface area (Å²) in [5.74, 6) is -0.140. The number of nitrogens with one attached hydrogen (secondary N) is 1. The van der Waals surface area contributed by atoms with Gasteiger partial charge in [0.25, 0.3) is 5.91 Å². The molecule has 2 aromatic rings. The highest BCUT2D eigenvalue weighted by Gasteiger charge is 2.32. The second-order valence-electron chi connectivity index (χ2n) is 6.14. The van der Waals surface area contributed by atoms with Gasteiger partial charge in [0.05, 0.1) is 41.9 Å². The van der Waals surface area contributed by atoms with E-state index in [1.807, 2.05) is 11.8 Å². The Morgan fingerprint density at radius 2 is 2.20 bits per heavy atom. The van der Waals surface area contributed by atoms with Gasteiger partial charge in [-0.15, -0.1) is 0 Å². The minimum Gasteiger partial charge on any atom is -0.351 e. The molecule has 130 valence electrons. The monoisotopic (exact) mass is 339 g/mol. The van der Waals surface area contributed by atoms with Crippen LogP contribution < -0.4 is 5.32 Å². The molecular weight excluding hydrogens is 318 g/mol. The summed E-state index contributed by atoms with van der Waals surface area (Å²) in [6.07, 6.45) is 6.79. The molecule has 7 nitrogen and oxygen atoms in total. The van der Waals surface area contributed by atoms with Gasteiger partial charge >= 0.3 is 0 Å². The molecule has 1 fully saturated rings. The molecule has 25 heavy (non-hydrogen) atoms. The van der Waals surface area contributed by atoms with Crippen LogP contribution in [0.4, 0.5) is 0 Å². The summed E-state index contributed by atoms with van der Waals surface area (Å²) in [4.78, 5) is 38.9. The molecule has 1 aliphatic heterocycles. The van der Waals surface area contributed by atoms with E-state index in [-0.39, 0.29) is 17.9 Å². The molecule has 2 amide bonds. The third kappa shape index (κ3) is 3.81. The lowest BCUT2D eigenvalue weighted by Gasteiger charge is -2.25. The van der Waals surface area contributed by atoms with Crippen molar-refractivity contribution < 1.29 is 9.59 Å². The Hall–Kier alpha value is -2.83. The molecule has 1 atom stereocenters. The maximum absolute atomic E-state index is 12.9. The van der Waals surface area contributed by atoms with Gasteiger partial charge in [-0.3, -0.25) is 24.5 Å². The van der Waals surface area contributed by atoms with Gasteiger partial charge in [-0.05, 0) is 31.9 Å². The van der Waals surface area contributed by atoms with Crippen LogP contribution in [0.1, 0.15) is 53.2 Å². The average Bonchev–Trinajstić information content (AvgIpc) is 3.10. The van der Waals surface area contributed by atoms with Crippen molar-refractivity contribution >= 4 is 11.8 Å². The first-order valence-electron chi connectivity index (χ1n) is 8.34. The second kappa shape index (κ2) is 7.38. The van der Waals surface area contributed by atoms with Crippen LogP contribution in [-0.4, -0.2) is 38.2 Å². The van der Waals surface area contributed by atoms with Crippen LogP contribution in [0.25, 0.3) is 0 Å². The van der Waals surface area contributed by atoms with Gasteiger partial charge in [-0.2, -0.15) is 0 Å². The van der Waals surface area contributed by atoms with Crippen LogP contribution in [0.2, 0.25) is 0 Å². The normalized spacial score (nSPS) is 16.7. The van der Waals surface area contributed by atoms with Gasteiger partial charge in [0.1, 0.15) is 0 Å². The Morgan fingerprint density at radius 3 is 2.96 bits per heavy atom. The van der Waals surface area contributed by atoms with Crippen molar-refractivity contribution in [2.75, 3.05) is 6.54 Å². The number of aromatic nitrogens is 3. The van der Waals surface area contributed by atoms with Gasteiger partial charge in [-0.25, -0.2) is 0 Å². The number of amides is 2. The van der Waals surface area contributed by atoms with Crippen LogP contribution in [0, 0.1) is 6.92 Å². The molecule has 0 radical (unpaired) electrons. The number of aryl methyl sites for hydroxylation is 1. The molecule has 0 aromatic carbocycles. The quantitative estimate of drug-likeness (QED) is 0.917. The van der Waals surface area contributed by atoms with Gasteiger partial charge in [0.15, 0.2) is 0 Å². The highest BCUT2D eigenvalue weighted by Crippen LogP contribution is 2.32. The average molecular weight is 339 g/mol. The van der Waals surface area contributed by atoms with Crippen LogP contribution in [-0.2, 0) is 11.3 Å². The first-order chi connectivity index (χ1) is 12.1. The molecular formula is C18H21N5O2. The highest BCUT2D eigenvalue weighted by molar-refractivity contribution is 5.95. The largest absolute Gasteiger partial charge is 0.351 e. The second-order valence-corrected chi connectivity index (χ2v) is 6.14. The molecule has 0 bridgehead atoms. The van der Waals surface area contributed by atoms with E-state index in [0.29, 0.717) is 24.3 Å². The molecule has 0 unspecified atom stereocenters. The summed E-state index contributed by atoms with van der Waals surface area (Å²) in [5.41, 5.74) is 2.79. The lowest BCUT2D eigenvalue weighted by atomic mass is 10.1. The fraction of sp³-hybridized carbons (Fsp3) is 0.389. The molecule has 0 saturated carbocycles. The molecule has 0 spiro atoms. The molecule has 3 rings (SSSR count). The van der Waals surface area contributed by atoms with Crippen molar-refractivity contribution in [3.63, 3.8) is 0 Å². The Labute approximate surface area is 146 Å². The smallest absolute Gasteiger partial charge is 0.256 e. The fourth-order valence-corrected chi connectivity index (χ4v) is 3.07. The summed E-state index contributed by atoms with van der Waals surface area (Å²) in [7, 11) is 0. The Morgan fingerprint density at radius 1 is 1.36 bits per heavy atom. The number of carbonyl (C=O) groups is 2. The van der Waals surface area contributed by atoms with Crippen LogP contribution in [0.3, 0.4) is 0 Å². The summed E-state index contributed by atoms with van der Waals surface area (Å²) in [5, 5.41) is 2.72. The number of likely N-dealkylation sites (tertiary alicyclic amines) is 1. The molecule has 2 aromatic heterocycles. The van der Waals surface area contributed by atoms with Crippen molar-refractivity contribution in [2.45, 2.75) is 39.3 Å². The summed E-state index contributed by atoms with van der Waals surface area (Å²) in [6, 6.07) is 3.48. The van der Waals surface area contributed by atoms with E-state index in [2.05, 4.69) is 20.3 Å². The number of nitrogens with zero attached hydrogens (tertiary/aromatic N) is 4. The third-order valence-electron chi connectivity index (χ3n) is 4.31. The van der Waals surface area contributed by atoms with E-state index in [4.69, 9.17) is 0 Å². The van der Waals surface area contributed by atoms with Gasteiger partial charge in [0.2, 0.25) is 5.91 Å². The predicted octanol–water partition coefficient (Wildman–Crippen LogP) is 1.79. The zero-order chi connectivity index (χ0) is 17.8. The van der Waals surface area contributed by atoms with E-state index in [1.165, 1.54) is 6.92 Å². The first kappa shape index (κ1) is 17.0. The van der Waals surface area contributed by atoms with E-state index in [1.54, 1.807) is 30.7 Å². The van der Waals surface area contributed by atoms with Crippen molar-refractivity contribution in [3.8, 4) is 0 Å². The summed E-state index contributed by atoms with van der Waals surface area (Å²) < 4.78 is 0. The SMILES string of the molecule is CC(=O)NCc1cncc([C@H]2CCCN2C(=O)c2cccnc2C)n1. The third-order valence-corrected chi connectivity index (χ3v) is 4.31. The van der Waals surface area contributed by atoms with Crippen LogP contribution in [0.15, 0.2) is 30.7 Å². The Balaban J connectivity index is 1.82. The minimum absolute atomic E-state index is 0.0258. The van der Waals surface area contributed by atoms with Crippen molar-refractivity contribution in [2.24, 2.45) is 0 Å². The molecule has 1 N–H and O–H groups in total. The molecule has 1 aliphatic rings. The lowest BCUT2D eigenvalue weighted by Crippen LogP contribution is -2.32. The Kier molecular flexibility index (Phi) is 5.02. The maximum Gasteiger partial charge on any atom is 0.256 e. The molecule has 7 heteroatoms. The number of hydrogen-bond donors (Lipinski definition) is 1. The highest BCUT2D eigenvalue weighted by atomic mass is 16.2. The standard InChI is InChI=1S/C18H21N5O2/c1-12-15(5-3-7-20-12)18(25)23-8-4-6-17(23)16-11-19-9-14(22-16)10-21-13(2)24/h3,5,7,9,11,17H,4,6,8,10H2,1-2H3,(H,21,24)/t17-/m1/s1. The van der Waals surface area contributed by atoms with Gasteiger partial charge in [-0.1, -0.05) is 0 Å². The zero-order valence-electron chi connectivity index (χ0n) is 14.4. The van der Waals surface area contributed by atoms with Crippen molar-refractivity contribution in [3.05, 3.63) is 53.4 Å². The maximum atomic E-state index is 12.9. The molecule has 1 saturated heterocycles. The van der Waals surface area contributed by atoms with Gasteiger partial charge in [0, 0.05) is 25.4 Å². The number of pyridine rings is 1. The van der Waals surface area contributed by atoms with E-state index >= 15 is 0 Å². The minimum atomic E-state index is -0.114. The topological polar surface area (TPSA) is 88.1 Å². The number of hydrogen-bond acceptors (Lipinski definition) is 5. The number of carbonyl (C=O) groups excluding carboxylic acids is 2. The fourth-order valence-electron chi connectivity index (χ4n) is 3.07. The lowest BCUT2D eigenvalue weighted by molar-refractivity contribution is -0.119. The van der Waals surface area contributed by atoms with E-state index in [0.717, 1.165) is 24.2 Å². The van der Waals surface area contributed by atoms with Crippen molar-refractivity contribution in [1.82, 2.24) is 25.2 Å². The van der Waals surface area contributed by atoms with Crippen LogP contribution >= 0.6 is 0 Å². The predicted molar refractivity (Wildman–Crippen MR) is 91.5 cm³/mol. The van der Waals surface area contributed by atoms with E-state index in [9.17, 15) is 9.59 Å².